The molecular weight excluding hydrogens is 467 g/mol. The Hall–Kier alpha value is -2.71. The van der Waals surface area contributed by atoms with Crippen LogP contribution in [0.4, 0.5) is 10.1 Å². The van der Waals surface area contributed by atoms with Gasteiger partial charge < -0.3 is 15.1 Å². The highest BCUT2D eigenvalue weighted by Crippen LogP contribution is 2.34. The molecule has 35 heavy (non-hydrogen) atoms. The quantitative estimate of drug-likeness (QED) is 0.473. The number of amides is 1. The number of aryl methyl sites for hydroxylation is 1. The number of hydrogen-bond donors (Lipinski definition) is 1. The van der Waals surface area contributed by atoms with Crippen molar-refractivity contribution in [1.82, 2.24) is 24.6 Å². The van der Waals surface area contributed by atoms with E-state index in [0.29, 0.717) is 34.1 Å². The molecule has 3 aromatic rings. The fraction of sp³-hybridized carbons (Fsp3) is 0.500. The van der Waals surface area contributed by atoms with Crippen molar-refractivity contribution in [2.24, 2.45) is 0 Å². The van der Waals surface area contributed by atoms with Crippen LogP contribution in [0, 0.1) is 19.8 Å². The van der Waals surface area contributed by atoms with Gasteiger partial charge in [0, 0.05) is 47.3 Å². The van der Waals surface area contributed by atoms with Gasteiger partial charge in [-0.25, -0.2) is 9.97 Å². The van der Waals surface area contributed by atoms with Crippen molar-refractivity contribution in [3.63, 3.8) is 0 Å². The Morgan fingerprint density at radius 1 is 1.20 bits per heavy atom. The third-order valence-corrected chi connectivity index (χ3v) is 7.49. The van der Waals surface area contributed by atoms with Crippen LogP contribution in [-0.4, -0.2) is 57.9 Å². The fourth-order valence-electron chi connectivity index (χ4n) is 5.27. The molecule has 1 saturated carbocycles. The molecule has 2 aromatic heterocycles. The first kappa shape index (κ1) is 25.4. The Morgan fingerprint density at radius 2 is 1.89 bits per heavy atom. The summed E-state index contributed by atoms with van der Waals surface area (Å²) in [5.74, 6) is -0.432. The number of imidazole rings is 1. The Labute approximate surface area is 211 Å². The minimum atomic E-state index is -0.629. The maximum atomic E-state index is 14.6. The van der Waals surface area contributed by atoms with E-state index in [0.717, 1.165) is 43.5 Å². The maximum absolute atomic E-state index is 14.6. The molecule has 1 aliphatic carbocycles. The molecule has 1 fully saturated rings. The molecule has 0 atom stereocenters. The summed E-state index contributed by atoms with van der Waals surface area (Å²) in [5, 5.41) is 3.36. The minimum Gasteiger partial charge on any atom is -0.369 e. The molecule has 0 unspecified atom stereocenters. The number of nitrogens with one attached hydrogen (secondary N) is 1. The van der Waals surface area contributed by atoms with Gasteiger partial charge in [-0.05, 0) is 78.2 Å². The summed E-state index contributed by atoms with van der Waals surface area (Å²) < 4.78 is 16.3. The minimum absolute atomic E-state index is 0.0220. The van der Waals surface area contributed by atoms with Crippen LogP contribution >= 0.6 is 11.6 Å². The monoisotopic (exact) mass is 500 g/mol. The highest BCUT2D eigenvalue weighted by molar-refractivity contribution is 6.31. The Morgan fingerprint density at radius 3 is 2.54 bits per heavy atom. The molecule has 0 radical (unpaired) electrons. The van der Waals surface area contributed by atoms with Crippen molar-refractivity contribution in [2.75, 3.05) is 25.5 Å². The standard InChI is InChI=1S/C26H34ClFN6O/c1-6-33(20-9-7-19(8-10-20)32(4)5)23-14-18(27)13-21(16(23)2)26(35)30-15-22-24(28)31-17(3)34-12-11-29-25(22)34/h11-14,19-20H,6-10,15H2,1-5H3,(H,30,35). The number of carbonyl (C=O) groups is 1. The zero-order valence-electron chi connectivity index (χ0n) is 21.1. The van der Waals surface area contributed by atoms with Crippen LogP contribution in [0.1, 0.15) is 59.9 Å². The summed E-state index contributed by atoms with van der Waals surface area (Å²) in [7, 11) is 4.29. The molecule has 2 heterocycles. The molecule has 0 saturated heterocycles. The van der Waals surface area contributed by atoms with Crippen molar-refractivity contribution in [3.05, 3.63) is 58.0 Å². The van der Waals surface area contributed by atoms with Crippen molar-refractivity contribution in [2.45, 2.75) is 65.1 Å². The van der Waals surface area contributed by atoms with Crippen molar-refractivity contribution < 1.29 is 9.18 Å². The molecule has 188 valence electrons. The van der Waals surface area contributed by atoms with Crippen LogP contribution in [-0.2, 0) is 6.54 Å². The number of benzene rings is 1. The summed E-state index contributed by atoms with van der Waals surface area (Å²) in [6.45, 7) is 6.61. The first-order valence-corrected chi connectivity index (χ1v) is 12.6. The number of aromatic nitrogens is 3. The summed E-state index contributed by atoms with van der Waals surface area (Å²) in [4.78, 5) is 26.1. The third kappa shape index (κ3) is 5.14. The number of anilines is 1. The van der Waals surface area contributed by atoms with E-state index < -0.39 is 5.95 Å². The Balaban J connectivity index is 1.56. The van der Waals surface area contributed by atoms with Crippen molar-refractivity contribution in [1.29, 1.82) is 0 Å². The number of fused-ring (bicyclic) bond motifs is 1. The smallest absolute Gasteiger partial charge is 0.251 e. The van der Waals surface area contributed by atoms with E-state index in [-0.39, 0.29) is 18.0 Å². The van der Waals surface area contributed by atoms with E-state index in [1.165, 1.54) is 0 Å². The van der Waals surface area contributed by atoms with Crippen molar-refractivity contribution >= 4 is 28.8 Å². The largest absolute Gasteiger partial charge is 0.369 e. The number of halogens is 2. The summed E-state index contributed by atoms with van der Waals surface area (Å²) in [6.07, 6.45) is 7.82. The topological polar surface area (TPSA) is 65.8 Å². The van der Waals surface area contributed by atoms with Gasteiger partial charge in [0.05, 0.1) is 12.1 Å². The summed E-state index contributed by atoms with van der Waals surface area (Å²) in [6, 6.07) is 4.66. The highest BCUT2D eigenvalue weighted by Gasteiger charge is 2.28. The van der Waals surface area contributed by atoms with E-state index in [2.05, 4.69) is 46.1 Å². The van der Waals surface area contributed by atoms with E-state index >= 15 is 0 Å². The van der Waals surface area contributed by atoms with Crippen LogP contribution in [0.15, 0.2) is 24.5 Å². The Bertz CT molecular complexity index is 1220. The van der Waals surface area contributed by atoms with Crippen LogP contribution in [0.5, 0.6) is 0 Å². The lowest BCUT2D eigenvalue weighted by Gasteiger charge is -2.40. The lowest BCUT2D eigenvalue weighted by Crippen LogP contribution is -2.42. The predicted molar refractivity (Wildman–Crippen MR) is 138 cm³/mol. The van der Waals surface area contributed by atoms with E-state index in [9.17, 15) is 9.18 Å². The van der Waals surface area contributed by atoms with Gasteiger partial charge in [0.2, 0.25) is 5.95 Å². The molecule has 1 N–H and O–H groups in total. The number of rotatable bonds is 7. The van der Waals surface area contributed by atoms with E-state index in [4.69, 9.17) is 11.6 Å². The van der Waals surface area contributed by atoms with E-state index in [1.54, 1.807) is 29.8 Å². The van der Waals surface area contributed by atoms with Crippen LogP contribution in [0.2, 0.25) is 5.02 Å². The van der Waals surface area contributed by atoms with Gasteiger partial charge in [0.15, 0.2) is 0 Å². The molecular formula is C26H34ClFN6O. The molecule has 0 aliphatic heterocycles. The van der Waals surface area contributed by atoms with Crippen molar-refractivity contribution in [3.8, 4) is 0 Å². The normalized spacial score (nSPS) is 18.3. The molecule has 0 spiro atoms. The molecule has 1 aliphatic rings. The highest BCUT2D eigenvalue weighted by atomic mass is 35.5. The van der Waals surface area contributed by atoms with Gasteiger partial charge in [0.1, 0.15) is 11.5 Å². The average Bonchev–Trinajstić information content (AvgIpc) is 3.32. The molecule has 1 amide bonds. The molecule has 4 rings (SSSR count). The van der Waals surface area contributed by atoms with Gasteiger partial charge in [-0.3, -0.25) is 9.20 Å². The number of carbonyl (C=O) groups excluding carboxylic acids is 1. The zero-order valence-corrected chi connectivity index (χ0v) is 21.9. The van der Waals surface area contributed by atoms with Crippen LogP contribution < -0.4 is 10.2 Å². The van der Waals surface area contributed by atoms with Gasteiger partial charge in [-0.15, -0.1) is 0 Å². The van der Waals surface area contributed by atoms with Gasteiger partial charge in [-0.1, -0.05) is 11.6 Å². The lowest BCUT2D eigenvalue weighted by molar-refractivity contribution is 0.0950. The predicted octanol–water partition coefficient (Wildman–Crippen LogP) is 4.77. The van der Waals surface area contributed by atoms with Crippen LogP contribution in [0.3, 0.4) is 0 Å². The average molecular weight is 501 g/mol. The van der Waals surface area contributed by atoms with Gasteiger partial charge >= 0.3 is 0 Å². The number of hydrogen-bond acceptors (Lipinski definition) is 5. The second kappa shape index (κ2) is 10.5. The number of nitrogens with zero attached hydrogens (tertiary/aromatic N) is 5. The van der Waals surface area contributed by atoms with Gasteiger partial charge in [0.25, 0.3) is 5.91 Å². The fourth-order valence-corrected chi connectivity index (χ4v) is 5.48. The second-order valence-electron chi connectivity index (χ2n) is 9.54. The van der Waals surface area contributed by atoms with Gasteiger partial charge in [-0.2, -0.15) is 4.39 Å². The molecule has 9 heteroatoms. The van der Waals surface area contributed by atoms with E-state index in [1.807, 2.05) is 13.0 Å². The SMILES string of the molecule is CCN(c1cc(Cl)cc(C(=O)NCc2c(F)nc(C)n3ccnc23)c1C)C1CCC(N(C)C)CC1. The second-order valence-corrected chi connectivity index (χ2v) is 9.98. The Kier molecular flexibility index (Phi) is 7.62. The molecule has 0 bridgehead atoms. The zero-order chi connectivity index (χ0) is 25.3. The summed E-state index contributed by atoms with van der Waals surface area (Å²) in [5.41, 5.74) is 3.05. The lowest BCUT2D eigenvalue weighted by atomic mass is 9.89. The van der Waals surface area contributed by atoms with Crippen LogP contribution in [0.25, 0.3) is 5.65 Å². The summed E-state index contributed by atoms with van der Waals surface area (Å²) >= 11 is 6.50. The first-order valence-electron chi connectivity index (χ1n) is 12.2. The maximum Gasteiger partial charge on any atom is 0.251 e. The first-order chi connectivity index (χ1) is 16.7. The third-order valence-electron chi connectivity index (χ3n) is 7.27. The molecule has 7 nitrogen and oxygen atoms in total. The molecule has 1 aromatic carbocycles.